The van der Waals surface area contributed by atoms with E-state index in [4.69, 9.17) is 4.74 Å². The van der Waals surface area contributed by atoms with E-state index in [0.29, 0.717) is 23.9 Å². The lowest BCUT2D eigenvalue weighted by atomic mass is 10.0. The Bertz CT molecular complexity index is 807. The van der Waals surface area contributed by atoms with Crippen molar-refractivity contribution in [2.75, 3.05) is 5.32 Å². The van der Waals surface area contributed by atoms with Crippen LogP contribution in [0, 0.1) is 5.92 Å². The fraction of sp³-hybridized carbons (Fsp3) is 0.217. The van der Waals surface area contributed by atoms with Crippen LogP contribution in [0.25, 0.3) is 0 Å². The maximum Gasteiger partial charge on any atom is 0.224 e. The van der Waals surface area contributed by atoms with Gasteiger partial charge >= 0.3 is 0 Å². The zero-order valence-corrected chi connectivity index (χ0v) is 15.6. The normalized spacial score (nSPS) is 10.8. The minimum Gasteiger partial charge on any atom is -0.465 e. The highest BCUT2D eigenvalue weighted by Gasteiger charge is 2.16. The topological polar surface area (TPSA) is 51.2 Å². The van der Waals surface area contributed by atoms with Crippen LogP contribution in [0.4, 0.5) is 5.69 Å². The van der Waals surface area contributed by atoms with Crippen molar-refractivity contribution in [1.82, 2.24) is 4.98 Å². The first-order valence-corrected chi connectivity index (χ1v) is 9.14. The van der Waals surface area contributed by atoms with Crippen molar-refractivity contribution < 1.29 is 9.53 Å². The van der Waals surface area contributed by atoms with Gasteiger partial charge in [-0.1, -0.05) is 74.5 Å². The van der Waals surface area contributed by atoms with Crippen LogP contribution < -0.4 is 10.1 Å². The second-order valence-corrected chi connectivity index (χ2v) is 6.85. The number of hydrogen-bond acceptors (Lipinski definition) is 3. The molecule has 0 aliphatic rings. The fourth-order valence-electron chi connectivity index (χ4n) is 2.81. The molecule has 27 heavy (non-hydrogen) atoms. The minimum atomic E-state index is -0.249. The molecule has 0 saturated carbocycles. The average molecular weight is 360 g/mol. The van der Waals surface area contributed by atoms with Crippen molar-refractivity contribution in [1.29, 1.82) is 0 Å². The number of anilines is 1. The Morgan fingerprint density at radius 2 is 1.52 bits per heavy atom. The van der Waals surface area contributed by atoms with Crippen molar-refractivity contribution in [3.05, 3.63) is 90.1 Å². The molecule has 0 fully saturated rings. The molecule has 0 bridgehead atoms. The van der Waals surface area contributed by atoms with Crippen LogP contribution in [0.5, 0.6) is 5.88 Å². The van der Waals surface area contributed by atoms with E-state index in [-0.39, 0.29) is 12.0 Å². The van der Waals surface area contributed by atoms with E-state index in [0.717, 1.165) is 11.1 Å². The van der Waals surface area contributed by atoms with Gasteiger partial charge in [-0.05, 0) is 23.1 Å². The number of carbonyl (C=O) groups excluding carboxylic acids is 1. The van der Waals surface area contributed by atoms with E-state index in [9.17, 15) is 4.79 Å². The molecule has 0 spiro atoms. The van der Waals surface area contributed by atoms with Gasteiger partial charge in [0.05, 0.1) is 11.9 Å². The SMILES string of the molecule is CC(C)CC(=O)Nc1ccc(OC(c2ccccc2)c2ccccc2)nc1. The predicted molar refractivity (Wildman–Crippen MR) is 108 cm³/mol. The molecular formula is C23H24N2O2. The zero-order valence-electron chi connectivity index (χ0n) is 15.6. The molecule has 1 heterocycles. The molecule has 0 aliphatic carbocycles. The predicted octanol–water partition coefficient (Wildman–Crippen LogP) is 5.23. The molecule has 2 aromatic carbocycles. The van der Waals surface area contributed by atoms with Gasteiger partial charge in [0.25, 0.3) is 0 Å². The van der Waals surface area contributed by atoms with Gasteiger partial charge in [-0.3, -0.25) is 4.79 Å². The fourth-order valence-corrected chi connectivity index (χ4v) is 2.81. The molecule has 3 aromatic rings. The van der Waals surface area contributed by atoms with Crippen LogP contribution in [-0.2, 0) is 4.79 Å². The molecule has 4 heteroatoms. The first-order valence-electron chi connectivity index (χ1n) is 9.14. The number of benzene rings is 2. The minimum absolute atomic E-state index is 0.00749. The first-order chi connectivity index (χ1) is 13.1. The number of carbonyl (C=O) groups is 1. The number of nitrogens with one attached hydrogen (secondary N) is 1. The Hall–Kier alpha value is -3.14. The highest BCUT2D eigenvalue weighted by Crippen LogP contribution is 2.27. The summed E-state index contributed by atoms with van der Waals surface area (Å²) in [7, 11) is 0. The summed E-state index contributed by atoms with van der Waals surface area (Å²) < 4.78 is 6.19. The quantitative estimate of drug-likeness (QED) is 0.627. The van der Waals surface area contributed by atoms with E-state index < -0.39 is 0 Å². The summed E-state index contributed by atoms with van der Waals surface area (Å²) in [4.78, 5) is 16.3. The van der Waals surface area contributed by atoms with Gasteiger partial charge in [0.1, 0.15) is 0 Å². The van der Waals surface area contributed by atoms with Gasteiger partial charge in [0.2, 0.25) is 11.8 Å². The molecule has 0 unspecified atom stereocenters. The van der Waals surface area contributed by atoms with Crippen LogP contribution in [0.15, 0.2) is 79.0 Å². The smallest absolute Gasteiger partial charge is 0.224 e. The van der Waals surface area contributed by atoms with Crippen molar-refractivity contribution in [3.8, 4) is 5.88 Å². The second-order valence-electron chi connectivity index (χ2n) is 6.85. The number of ether oxygens (including phenoxy) is 1. The molecular weight excluding hydrogens is 336 g/mol. The largest absolute Gasteiger partial charge is 0.465 e. The average Bonchev–Trinajstić information content (AvgIpc) is 2.68. The van der Waals surface area contributed by atoms with E-state index in [1.807, 2.05) is 80.6 Å². The van der Waals surface area contributed by atoms with Crippen LogP contribution in [-0.4, -0.2) is 10.9 Å². The summed E-state index contributed by atoms with van der Waals surface area (Å²) >= 11 is 0. The third-order valence-corrected chi connectivity index (χ3v) is 4.06. The van der Waals surface area contributed by atoms with Crippen molar-refractivity contribution in [2.24, 2.45) is 5.92 Å². The highest BCUT2D eigenvalue weighted by atomic mass is 16.5. The first kappa shape index (κ1) is 18.6. The molecule has 1 aromatic heterocycles. The Labute approximate surface area is 160 Å². The summed E-state index contributed by atoms with van der Waals surface area (Å²) in [6, 6.07) is 23.7. The Kier molecular flexibility index (Phi) is 6.21. The Morgan fingerprint density at radius 1 is 0.926 bits per heavy atom. The van der Waals surface area contributed by atoms with E-state index in [1.165, 1.54) is 0 Å². The molecule has 3 rings (SSSR count). The summed E-state index contributed by atoms with van der Waals surface area (Å²) in [5.41, 5.74) is 2.78. The maximum absolute atomic E-state index is 11.9. The standard InChI is InChI=1S/C23H24N2O2/c1-17(2)15-21(26)25-20-13-14-22(24-16-20)27-23(18-9-5-3-6-10-18)19-11-7-4-8-12-19/h3-14,16-17,23H,15H2,1-2H3,(H,25,26). The van der Waals surface area contributed by atoms with Gasteiger partial charge in [-0.25, -0.2) is 4.98 Å². The van der Waals surface area contributed by atoms with E-state index in [2.05, 4.69) is 10.3 Å². The summed E-state index contributed by atoms with van der Waals surface area (Å²) in [6.45, 7) is 4.03. The summed E-state index contributed by atoms with van der Waals surface area (Å²) in [5.74, 6) is 0.819. The van der Waals surface area contributed by atoms with Gasteiger partial charge in [0, 0.05) is 12.5 Å². The number of hydrogen-bond donors (Lipinski definition) is 1. The lowest BCUT2D eigenvalue weighted by Crippen LogP contribution is -2.14. The van der Waals surface area contributed by atoms with Gasteiger partial charge in [-0.15, -0.1) is 0 Å². The third kappa shape index (κ3) is 5.42. The molecule has 0 saturated heterocycles. The molecule has 138 valence electrons. The lowest BCUT2D eigenvalue weighted by molar-refractivity contribution is -0.116. The summed E-state index contributed by atoms with van der Waals surface area (Å²) in [5, 5.41) is 2.86. The number of pyridine rings is 1. The van der Waals surface area contributed by atoms with Crippen molar-refractivity contribution >= 4 is 11.6 Å². The van der Waals surface area contributed by atoms with Crippen LogP contribution in [0.2, 0.25) is 0 Å². The number of nitrogens with zero attached hydrogens (tertiary/aromatic N) is 1. The molecule has 0 radical (unpaired) electrons. The monoisotopic (exact) mass is 360 g/mol. The van der Waals surface area contributed by atoms with E-state index in [1.54, 1.807) is 12.3 Å². The number of rotatable bonds is 7. The number of aromatic nitrogens is 1. The van der Waals surface area contributed by atoms with Gasteiger partial charge < -0.3 is 10.1 Å². The molecule has 1 amide bonds. The zero-order chi connectivity index (χ0) is 19.1. The van der Waals surface area contributed by atoms with Crippen LogP contribution in [0.3, 0.4) is 0 Å². The summed E-state index contributed by atoms with van der Waals surface area (Å²) in [6.07, 6.45) is 1.87. The van der Waals surface area contributed by atoms with E-state index >= 15 is 0 Å². The lowest BCUT2D eigenvalue weighted by Gasteiger charge is -2.19. The van der Waals surface area contributed by atoms with Crippen LogP contribution >= 0.6 is 0 Å². The van der Waals surface area contributed by atoms with Crippen LogP contribution in [0.1, 0.15) is 37.5 Å². The maximum atomic E-state index is 11.9. The molecule has 4 nitrogen and oxygen atoms in total. The molecule has 1 N–H and O–H groups in total. The Balaban J connectivity index is 1.75. The van der Waals surface area contributed by atoms with Gasteiger partial charge in [0.15, 0.2) is 6.10 Å². The molecule has 0 aliphatic heterocycles. The second kappa shape index (κ2) is 8.99. The Morgan fingerprint density at radius 3 is 2.00 bits per heavy atom. The highest BCUT2D eigenvalue weighted by molar-refractivity contribution is 5.90. The third-order valence-electron chi connectivity index (χ3n) is 4.06. The molecule has 0 atom stereocenters. The number of amides is 1. The van der Waals surface area contributed by atoms with Crippen molar-refractivity contribution in [3.63, 3.8) is 0 Å². The van der Waals surface area contributed by atoms with Crippen molar-refractivity contribution in [2.45, 2.75) is 26.4 Å². The van der Waals surface area contributed by atoms with Gasteiger partial charge in [-0.2, -0.15) is 0 Å².